The third kappa shape index (κ3) is 2.19. The molecule has 1 aromatic carbocycles. The first kappa shape index (κ1) is 12.8. The van der Waals surface area contributed by atoms with Crippen molar-refractivity contribution in [2.75, 3.05) is 13.1 Å². The molecule has 2 rings (SSSR count). The van der Waals surface area contributed by atoms with Gasteiger partial charge in [-0.15, -0.1) is 0 Å². The summed E-state index contributed by atoms with van der Waals surface area (Å²) in [6.45, 7) is 0.535. The highest BCUT2D eigenvalue weighted by Gasteiger charge is 2.29. The molecular formula is C11H11F3N2O2. The van der Waals surface area contributed by atoms with Gasteiger partial charge < -0.3 is 4.90 Å². The number of amides is 1. The third-order valence-corrected chi connectivity index (χ3v) is 2.89. The summed E-state index contributed by atoms with van der Waals surface area (Å²) in [6.07, 6.45) is 0.204. The molecule has 98 valence electrons. The number of benzene rings is 1. The average Bonchev–Trinajstić information content (AvgIpc) is 2.84. The summed E-state index contributed by atoms with van der Waals surface area (Å²) in [7, 11) is 0. The Kier molecular flexibility index (Phi) is 3.53. The first-order chi connectivity index (χ1) is 8.54. The van der Waals surface area contributed by atoms with Crippen LogP contribution in [0.4, 0.5) is 13.2 Å². The highest BCUT2D eigenvalue weighted by Crippen LogP contribution is 2.20. The van der Waals surface area contributed by atoms with Crippen molar-refractivity contribution < 1.29 is 22.8 Å². The van der Waals surface area contributed by atoms with E-state index in [4.69, 9.17) is 5.90 Å². The third-order valence-electron chi connectivity index (χ3n) is 2.89. The molecule has 4 nitrogen and oxygen atoms in total. The zero-order valence-corrected chi connectivity index (χ0v) is 9.33. The summed E-state index contributed by atoms with van der Waals surface area (Å²) in [5, 5.41) is 0. The second kappa shape index (κ2) is 4.95. The van der Waals surface area contributed by atoms with Crippen LogP contribution in [0, 0.1) is 17.5 Å². The van der Waals surface area contributed by atoms with Gasteiger partial charge in [-0.1, -0.05) is 0 Å². The molecule has 18 heavy (non-hydrogen) atoms. The summed E-state index contributed by atoms with van der Waals surface area (Å²) in [6, 6.07) is 1.64. The molecule has 1 aliphatic heterocycles. The Morgan fingerprint density at radius 3 is 2.67 bits per heavy atom. The van der Waals surface area contributed by atoms with Crippen LogP contribution < -0.4 is 5.90 Å². The number of hydrogen-bond acceptors (Lipinski definition) is 3. The maximum absolute atomic E-state index is 13.4. The first-order valence-corrected chi connectivity index (χ1v) is 5.33. The van der Waals surface area contributed by atoms with Gasteiger partial charge in [-0.3, -0.25) is 9.63 Å². The SMILES string of the molecule is NOC1CCN(C(=O)c2ccc(F)c(F)c2F)C1. The molecule has 1 amide bonds. The van der Waals surface area contributed by atoms with E-state index < -0.39 is 28.9 Å². The quantitative estimate of drug-likeness (QED) is 0.642. The van der Waals surface area contributed by atoms with Crippen molar-refractivity contribution in [3.63, 3.8) is 0 Å². The predicted molar refractivity (Wildman–Crippen MR) is 55.9 cm³/mol. The van der Waals surface area contributed by atoms with Crippen molar-refractivity contribution in [2.24, 2.45) is 5.90 Å². The Morgan fingerprint density at radius 1 is 1.33 bits per heavy atom. The minimum atomic E-state index is -1.65. The van der Waals surface area contributed by atoms with Crippen LogP contribution in [-0.2, 0) is 4.84 Å². The van der Waals surface area contributed by atoms with E-state index in [0.29, 0.717) is 13.0 Å². The van der Waals surface area contributed by atoms with Crippen molar-refractivity contribution >= 4 is 5.91 Å². The zero-order chi connectivity index (χ0) is 13.3. The minimum absolute atomic E-state index is 0.202. The van der Waals surface area contributed by atoms with Gasteiger partial charge in [-0.05, 0) is 18.6 Å². The molecule has 1 fully saturated rings. The molecule has 0 bridgehead atoms. The molecule has 1 aliphatic rings. The molecule has 1 aromatic rings. The largest absolute Gasteiger partial charge is 0.336 e. The van der Waals surface area contributed by atoms with E-state index >= 15 is 0 Å². The fourth-order valence-electron chi connectivity index (χ4n) is 1.89. The standard InChI is InChI=1S/C11H11F3N2O2/c12-8-2-1-7(9(13)10(8)14)11(17)16-4-3-6(5-16)18-15/h1-2,6H,3-5,15H2. The highest BCUT2D eigenvalue weighted by molar-refractivity contribution is 5.94. The molecular weight excluding hydrogens is 249 g/mol. The van der Waals surface area contributed by atoms with Crippen LogP contribution in [0.25, 0.3) is 0 Å². The predicted octanol–water partition coefficient (Wildman–Crippen LogP) is 1.21. The second-order valence-corrected chi connectivity index (χ2v) is 4.02. The van der Waals surface area contributed by atoms with Crippen molar-refractivity contribution in [2.45, 2.75) is 12.5 Å². The fraction of sp³-hybridized carbons (Fsp3) is 0.364. The zero-order valence-electron chi connectivity index (χ0n) is 9.33. The molecule has 0 aromatic heterocycles. The van der Waals surface area contributed by atoms with Gasteiger partial charge in [0.2, 0.25) is 0 Å². The van der Waals surface area contributed by atoms with E-state index in [2.05, 4.69) is 4.84 Å². The fourth-order valence-corrected chi connectivity index (χ4v) is 1.89. The first-order valence-electron chi connectivity index (χ1n) is 5.33. The Hall–Kier alpha value is -1.60. The topological polar surface area (TPSA) is 55.6 Å². The lowest BCUT2D eigenvalue weighted by Gasteiger charge is -2.16. The van der Waals surface area contributed by atoms with Crippen LogP contribution in [0.3, 0.4) is 0 Å². The van der Waals surface area contributed by atoms with Crippen LogP contribution in [0.1, 0.15) is 16.8 Å². The molecule has 7 heteroatoms. The van der Waals surface area contributed by atoms with Gasteiger partial charge in [-0.25, -0.2) is 19.1 Å². The van der Waals surface area contributed by atoms with Gasteiger partial charge in [0.25, 0.3) is 5.91 Å². The second-order valence-electron chi connectivity index (χ2n) is 4.02. The Morgan fingerprint density at radius 2 is 2.06 bits per heavy atom. The number of rotatable bonds is 2. The lowest BCUT2D eigenvalue weighted by atomic mass is 10.1. The van der Waals surface area contributed by atoms with Gasteiger partial charge in [0.05, 0.1) is 11.7 Å². The minimum Gasteiger partial charge on any atom is -0.336 e. The van der Waals surface area contributed by atoms with E-state index in [9.17, 15) is 18.0 Å². The Labute approximate surface area is 101 Å². The number of halogens is 3. The summed E-state index contributed by atoms with van der Waals surface area (Å²) in [5.74, 6) is -0.163. The summed E-state index contributed by atoms with van der Waals surface area (Å²) in [5.41, 5.74) is -0.494. The van der Waals surface area contributed by atoms with Crippen LogP contribution in [0.2, 0.25) is 0 Å². The molecule has 0 aliphatic carbocycles. The van der Waals surface area contributed by atoms with Crippen molar-refractivity contribution in [3.05, 3.63) is 35.1 Å². The maximum Gasteiger partial charge on any atom is 0.257 e. The monoisotopic (exact) mass is 260 g/mol. The van der Waals surface area contributed by atoms with Gasteiger partial charge in [0.15, 0.2) is 17.5 Å². The van der Waals surface area contributed by atoms with Gasteiger partial charge in [0.1, 0.15) is 0 Å². The molecule has 2 N–H and O–H groups in total. The number of nitrogens with two attached hydrogens (primary N) is 1. The average molecular weight is 260 g/mol. The molecule has 1 unspecified atom stereocenters. The van der Waals surface area contributed by atoms with E-state index in [1.165, 1.54) is 4.90 Å². The van der Waals surface area contributed by atoms with Crippen LogP contribution in [0.15, 0.2) is 12.1 Å². The van der Waals surface area contributed by atoms with Crippen molar-refractivity contribution in [3.8, 4) is 0 Å². The molecule has 0 saturated carbocycles. The van der Waals surface area contributed by atoms with Gasteiger partial charge in [-0.2, -0.15) is 0 Å². The normalized spacial score (nSPS) is 19.3. The maximum atomic E-state index is 13.4. The van der Waals surface area contributed by atoms with E-state index in [-0.39, 0.29) is 12.6 Å². The van der Waals surface area contributed by atoms with Crippen LogP contribution >= 0.6 is 0 Å². The summed E-state index contributed by atoms with van der Waals surface area (Å²) in [4.78, 5) is 17.8. The number of nitrogens with zero attached hydrogens (tertiary/aromatic N) is 1. The van der Waals surface area contributed by atoms with Crippen LogP contribution in [-0.4, -0.2) is 30.0 Å². The lowest BCUT2D eigenvalue weighted by molar-refractivity contribution is 0.0535. The van der Waals surface area contributed by atoms with E-state index in [1.807, 2.05) is 0 Å². The number of hydrogen-bond donors (Lipinski definition) is 1. The molecule has 0 spiro atoms. The van der Waals surface area contributed by atoms with Crippen LogP contribution in [0.5, 0.6) is 0 Å². The number of carbonyl (C=O) groups excluding carboxylic acids is 1. The van der Waals surface area contributed by atoms with Gasteiger partial charge >= 0.3 is 0 Å². The summed E-state index contributed by atoms with van der Waals surface area (Å²) >= 11 is 0. The van der Waals surface area contributed by atoms with Gasteiger partial charge in [0, 0.05) is 13.1 Å². The van der Waals surface area contributed by atoms with E-state index in [0.717, 1.165) is 12.1 Å². The Balaban J connectivity index is 2.22. The van der Waals surface area contributed by atoms with Crippen molar-refractivity contribution in [1.29, 1.82) is 0 Å². The summed E-state index contributed by atoms with van der Waals surface area (Å²) < 4.78 is 39.2. The number of likely N-dealkylation sites (tertiary alicyclic amines) is 1. The Bertz CT molecular complexity index is 482. The number of carbonyl (C=O) groups is 1. The molecule has 1 atom stereocenters. The van der Waals surface area contributed by atoms with E-state index in [1.54, 1.807) is 0 Å². The highest BCUT2D eigenvalue weighted by atomic mass is 19.2. The lowest BCUT2D eigenvalue weighted by Crippen LogP contribution is -2.31. The van der Waals surface area contributed by atoms with Crippen molar-refractivity contribution in [1.82, 2.24) is 4.90 Å². The smallest absolute Gasteiger partial charge is 0.257 e. The molecule has 0 radical (unpaired) electrons. The molecule has 1 saturated heterocycles. The molecule has 1 heterocycles.